The summed E-state index contributed by atoms with van der Waals surface area (Å²) < 4.78 is 5.52. The standard InChI is InChI=1S/C22H32N2O3/c1-17(2)15-19-11-6-7-13-27-14-8-12-21(25)23-16-20(24-22(19)26)18-9-4-3-5-10-18/h3-7,9-10,17,19-20H,8,11-16H2,1-2H3,(H,23,25)(H,24,26)/b7-6+. The number of carbonyl (C=O) groups excluding carboxylic acids is 2. The average molecular weight is 373 g/mol. The zero-order chi connectivity index (χ0) is 19.5. The SMILES string of the molecule is CC(C)CC1C/C=C/COCCCC(=O)NCC(c2ccccc2)NC1=O. The summed E-state index contributed by atoms with van der Waals surface area (Å²) in [5, 5.41) is 6.11. The van der Waals surface area contributed by atoms with Crippen LogP contribution in [0.15, 0.2) is 42.5 Å². The zero-order valence-electron chi connectivity index (χ0n) is 16.4. The fourth-order valence-electron chi connectivity index (χ4n) is 3.23. The maximum atomic E-state index is 13.0. The van der Waals surface area contributed by atoms with E-state index in [1.165, 1.54) is 0 Å². The first-order valence-corrected chi connectivity index (χ1v) is 9.91. The fraction of sp³-hybridized carbons (Fsp3) is 0.545. The molecule has 1 aromatic carbocycles. The molecule has 1 heterocycles. The maximum Gasteiger partial charge on any atom is 0.223 e. The lowest BCUT2D eigenvalue weighted by Gasteiger charge is -2.24. The summed E-state index contributed by atoms with van der Waals surface area (Å²) in [6.45, 7) is 5.73. The summed E-state index contributed by atoms with van der Waals surface area (Å²) in [4.78, 5) is 25.1. The van der Waals surface area contributed by atoms with Gasteiger partial charge in [0.05, 0.1) is 12.6 Å². The predicted molar refractivity (Wildman–Crippen MR) is 107 cm³/mol. The van der Waals surface area contributed by atoms with Gasteiger partial charge in [0, 0.05) is 25.5 Å². The molecule has 2 N–H and O–H groups in total. The van der Waals surface area contributed by atoms with Gasteiger partial charge in [-0.25, -0.2) is 0 Å². The van der Waals surface area contributed by atoms with Gasteiger partial charge < -0.3 is 15.4 Å². The molecule has 2 unspecified atom stereocenters. The fourth-order valence-corrected chi connectivity index (χ4v) is 3.23. The van der Waals surface area contributed by atoms with Crippen LogP contribution >= 0.6 is 0 Å². The third kappa shape index (κ3) is 7.95. The van der Waals surface area contributed by atoms with Crippen molar-refractivity contribution in [3.63, 3.8) is 0 Å². The largest absolute Gasteiger partial charge is 0.377 e. The molecule has 5 heteroatoms. The molecule has 1 aliphatic heterocycles. The minimum Gasteiger partial charge on any atom is -0.377 e. The Hall–Kier alpha value is -2.14. The van der Waals surface area contributed by atoms with E-state index >= 15 is 0 Å². The van der Waals surface area contributed by atoms with E-state index in [0.717, 1.165) is 12.0 Å². The van der Waals surface area contributed by atoms with E-state index in [1.807, 2.05) is 42.5 Å². The van der Waals surface area contributed by atoms with E-state index in [1.54, 1.807) is 0 Å². The second kappa shape index (κ2) is 11.5. The third-order valence-corrected chi connectivity index (χ3v) is 4.64. The summed E-state index contributed by atoms with van der Waals surface area (Å²) in [6, 6.07) is 9.58. The Labute approximate surface area is 162 Å². The first-order valence-electron chi connectivity index (χ1n) is 9.91. The second-order valence-electron chi connectivity index (χ2n) is 7.49. The molecule has 0 saturated carbocycles. The van der Waals surface area contributed by atoms with Gasteiger partial charge in [-0.3, -0.25) is 9.59 Å². The predicted octanol–water partition coefficient (Wildman–Crippen LogP) is 3.38. The number of hydrogen-bond donors (Lipinski definition) is 2. The maximum absolute atomic E-state index is 13.0. The Morgan fingerprint density at radius 3 is 2.67 bits per heavy atom. The van der Waals surface area contributed by atoms with Crippen LogP contribution in [0.1, 0.15) is 51.1 Å². The number of nitrogens with one attached hydrogen (secondary N) is 2. The molecule has 0 saturated heterocycles. The van der Waals surface area contributed by atoms with Crippen molar-refractivity contribution in [2.45, 2.75) is 45.6 Å². The lowest BCUT2D eigenvalue weighted by atomic mass is 9.92. The van der Waals surface area contributed by atoms with Gasteiger partial charge in [-0.2, -0.15) is 0 Å². The molecule has 0 bridgehead atoms. The highest BCUT2D eigenvalue weighted by Crippen LogP contribution is 2.19. The van der Waals surface area contributed by atoms with Crippen LogP contribution in [0.2, 0.25) is 0 Å². The topological polar surface area (TPSA) is 67.4 Å². The van der Waals surface area contributed by atoms with Crippen LogP contribution in [-0.2, 0) is 14.3 Å². The summed E-state index contributed by atoms with van der Waals surface area (Å²) in [5.74, 6) is 0.362. The van der Waals surface area contributed by atoms with Crippen molar-refractivity contribution in [2.75, 3.05) is 19.8 Å². The number of allylic oxidation sites excluding steroid dienone is 1. The molecule has 0 aromatic heterocycles. The van der Waals surface area contributed by atoms with Gasteiger partial charge in [0.2, 0.25) is 11.8 Å². The number of carbonyl (C=O) groups is 2. The molecule has 1 aliphatic rings. The Kier molecular flexibility index (Phi) is 9.05. The van der Waals surface area contributed by atoms with Gasteiger partial charge in [0.15, 0.2) is 0 Å². The van der Waals surface area contributed by atoms with Crippen LogP contribution in [0.5, 0.6) is 0 Å². The highest BCUT2D eigenvalue weighted by atomic mass is 16.5. The minimum absolute atomic E-state index is 0.0158. The van der Waals surface area contributed by atoms with Crippen LogP contribution in [0.3, 0.4) is 0 Å². The van der Waals surface area contributed by atoms with E-state index in [0.29, 0.717) is 44.9 Å². The van der Waals surface area contributed by atoms with Crippen molar-refractivity contribution in [3.8, 4) is 0 Å². The normalized spacial score (nSPS) is 24.4. The molecule has 0 aliphatic carbocycles. The lowest BCUT2D eigenvalue weighted by Crippen LogP contribution is -2.40. The summed E-state index contributed by atoms with van der Waals surface area (Å²) in [6.07, 6.45) is 6.64. The Bertz CT molecular complexity index is 613. The second-order valence-corrected chi connectivity index (χ2v) is 7.49. The molecule has 148 valence electrons. The van der Waals surface area contributed by atoms with Gasteiger partial charge >= 0.3 is 0 Å². The van der Waals surface area contributed by atoms with Crippen molar-refractivity contribution in [1.82, 2.24) is 10.6 Å². The van der Waals surface area contributed by atoms with Crippen LogP contribution in [0, 0.1) is 11.8 Å². The summed E-state index contributed by atoms with van der Waals surface area (Å²) >= 11 is 0. The highest BCUT2D eigenvalue weighted by Gasteiger charge is 2.23. The molecule has 5 nitrogen and oxygen atoms in total. The molecule has 2 amide bonds. The van der Waals surface area contributed by atoms with E-state index in [-0.39, 0.29) is 23.8 Å². The first-order chi connectivity index (χ1) is 13.1. The molecule has 27 heavy (non-hydrogen) atoms. The van der Waals surface area contributed by atoms with E-state index < -0.39 is 0 Å². The van der Waals surface area contributed by atoms with Crippen molar-refractivity contribution in [2.24, 2.45) is 11.8 Å². The molecule has 0 radical (unpaired) electrons. The number of ether oxygens (including phenoxy) is 1. The molecule has 0 spiro atoms. The Balaban J connectivity index is 2.16. The smallest absolute Gasteiger partial charge is 0.223 e. The van der Waals surface area contributed by atoms with E-state index in [2.05, 4.69) is 24.5 Å². The van der Waals surface area contributed by atoms with Gasteiger partial charge in [-0.15, -0.1) is 0 Å². The van der Waals surface area contributed by atoms with Gasteiger partial charge in [-0.05, 0) is 30.7 Å². The minimum atomic E-state index is -0.234. The highest BCUT2D eigenvalue weighted by molar-refractivity contribution is 5.79. The number of rotatable bonds is 3. The van der Waals surface area contributed by atoms with Crippen LogP contribution < -0.4 is 10.6 Å². The van der Waals surface area contributed by atoms with Crippen molar-refractivity contribution >= 4 is 11.8 Å². The number of benzene rings is 1. The molecular formula is C22H32N2O3. The number of hydrogen-bond acceptors (Lipinski definition) is 3. The van der Waals surface area contributed by atoms with Crippen molar-refractivity contribution < 1.29 is 14.3 Å². The lowest BCUT2D eigenvalue weighted by molar-refractivity contribution is -0.127. The van der Waals surface area contributed by atoms with Crippen molar-refractivity contribution in [1.29, 1.82) is 0 Å². The van der Waals surface area contributed by atoms with Gasteiger partial charge in [0.1, 0.15) is 0 Å². The molecule has 0 fully saturated rings. The van der Waals surface area contributed by atoms with Crippen LogP contribution in [0.25, 0.3) is 0 Å². The zero-order valence-corrected chi connectivity index (χ0v) is 16.4. The van der Waals surface area contributed by atoms with E-state index in [9.17, 15) is 9.59 Å². The summed E-state index contributed by atoms with van der Waals surface area (Å²) in [7, 11) is 0. The van der Waals surface area contributed by atoms with Gasteiger partial charge in [0.25, 0.3) is 0 Å². The van der Waals surface area contributed by atoms with Crippen LogP contribution in [0.4, 0.5) is 0 Å². The average Bonchev–Trinajstić information content (AvgIpc) is 2.66. The van der Waals surface area contributed by atoms with Crippen LogP contribution in [-0.4, -0.2) is 31.6 Å². The first kappa shape index (κ1) is 21.2. The van der Waals surface area contributed by atoms with E-state index in [4.69, 9.17) is 4.74 Å². The Morgan fingerprint density at radius 1 is 1.15 bits per heavy atom. The molecule has 2 rings (SSSR count). The van der Waals surface area contributed by atoms with Crippen molar-refractivity contribution in [3.05, 3.63) is 48.0 Å². The molecular weight excluding hydrogens is 340 g/mol. The molecule has 1 aromatic rings. The number of amides is 2. The molecule has 2 atom stereocenters. The Morgan fingerprint density at radius 2 is 1.93 bits per heavy atom. The third-order valence-electron chi connectivity index (χ3n) is 4.64. The van der Waals surface area contributed by atoms with Gasteiger partial charge in [-0.1, -0.05) is 56.3 Å². The monoisotopic (exact) mass is 372 g/mol. The summed E-state index contributed by atoms with van der Waals surface area (Å²) in [5.41, 5.74) is 0.998. The quantitative estimate of drug-likeness (QED) is 0.800.